The molecule has 1 N–H and O–H groups in total. The molecule has 0 unspecified atom stereocenters. The molecule has 3 nitrogen and oxygen atoms in total. The predicted octanol–water partition coefficient (Wildman–Crippen LogP) is 3.30. The smallest absolute Gasteiger partial charge is 0.233 e. The van der Waals surface area contributed by atoms with Crippen LogP contribution in [0.15, 0.2) is 11.6 Å². The van der Waals surface area contributed by atoms with Gasteiger partial charge in [0.2, 0.25) is 5.78 Å². The Bertz CT molecular complexity index is 374. The molecule has 0 saturated heterocycles. The van der Waals surface area contributed by atoms with Gasteiger partial charge >= 0.3 is 0 Å². The van der Waals surface area contributed by atoms with Gasteiger partial charge in [0, 0.05) is 13.0 Å². The number of allylic oxidation sites excluding steroid dienone is 2. The van der Waals surface area contributed by atoms with Gasteiger partial charge in [-0.3, -0.25) is 4.79 Å². The molecule has 0 aliphatic carbocycles. The van der Waals surface area contributed by atoms with Crippen LogP contribution in [0.3, 0.4) is 0 Å². The third-order valence-electron chi connectivity index (χ3n) is 3.57. The molecule has 114 valence electrons. The molecule has 0 heterocycles. The summed E-state index contributed by atoms with van der Waals surface area (Å²) in [6.07, 6.45) is 1.47. The van der Waals surface area contributed by atoms with Gasteiger partial charge in [0.05, 0.1) is 0 Å². The van der Waals surface area contributed by atoms with Crippen LogP contribution in [-0.2, 0) is 9.22 Å². The Morgan fingerprint density at radius 1 is 1.25 bits per heavy atom. The first kappa shape index (κ1) is 19.1. The number of hydrogen-bond donors (Lipinski definition) is 1. The first-order chi connectivity index (χ1) is 9.44. The van der Waals surface area contributed by atoms with E-state index in [0.29, 0.717) is 6.42 Å². The summed E-state index contributed by atoms with van der Waals surface area (Å²) in [5.41, 5.74) is 1.06. The summed E-state index contributed by atoms with van der Waals surface area (Å²) < 4.78 is 6.15. The van der Waals surface area contributed by atoms with E-state index in [0.717, 1.165) is 23.7 Å². The van der Waals surface area contributed by atoms with Crippen molar-refractivity contribution in [2.75, 3.05) is 6.61 Å². The minimum absolute atomic E-state index is 0.0532. The van der Waals surface area contributed by atoms with Crippen molar-refractivity contribution in [3.8, 4) is 11.8 Å². The average molecular weight is 296 g/mol. The molecule has 0 amide bonds. The summed E-state index contributed by atoms with van der Waals surface area (Å²) in [6, 6.07) is 2.95. The molecule has 0 aromatic rings. The minimum Gasteiger partial charge on any atom is -0.406 e. The van der Waals surface area contributed by atoms with E-state index in [4.69, 9.17) is 9.53 Å². The van der Waals surface area contributed by atoms with E-state index in [1.54, 1.807) is 6.08 Å². The maximum Gasteiger partial charge on any atom is 0.233 e. The van der Waals surface area contributed by atoms with E-state index < -0.39 is 14.4 Å². The molecular formula is C16H28O3Si. The van der Waals surface area contributed by atoms with Crippen LogP contribution in [0.2, 0.25) is 18.1 Å². The molecule has 4 heteroatoms. The van der Waals surface area contributed by atoms with Gasteiger partial charge in [-0.2, -0.15) is 0 Å². The molecule has 0 rings (SSSR count). The van der Waals surface area contributed by atoms with E-state index in [1.165, 1.54) is 0 Å². The zero-order chi connectivity index (χ0) is 15.6. The number of aliphatic hydroxyl groups excluding tert-OH is 1. The topological polar surface area (TPSA) is 46.5 Å². The summed E-state index contributed by atoms with van der Waals surface area (Å²) >= 11 is 0. The van der Waals surface area contributed by atoms with E-state index >= 15 is 0 Å². The van der Waals surface area contributed by atoms with Crippen LogP contribution in [-0.4, -0.2) is 31.9 Å². The Morgan fingerprint density at radius 3 is 2.20 bits per heavy atom. The lowest BCUT2D eigenvalue weighted by atomic mass is 10.2. The number of hydrogen-bond acceptors (Lipinski definition) is 3. The van der Waals surface area contributed by atoms with E-state index in [2.05, 4.69) is 32.6 Å². The van der Waals surface area contributed by atoms with Gasteiger partial charge in [-0.25, -0.2) is 0 Å². The van der Waals surface area contributed by atoms with Crippen LogP contribution in [0.5, 0.6) is 0 Å². The van der Waals surface area contributed by atoms with Gasteiger partial charge in [0.25, 0.3) is 0 Å². The van der Waals surface area contributed by atoms with Crippen LogP contribution < -0.4 is 0 Å². The molecule has 0 aromatic carbocycles. The fourth-order valence-corrected chi connectivity index (χ4v) is 4.82. The largest absolute Gasteiger partial charge is 0.406 e. The van der Waals surface area contributed by atoms with Crippen LogP contribution in [0.1, 0.15) is 41.0 Å². The van der Waals surface area contributed by atoms with Crippen molar-refractivity contribution in [2.45, 2.75) is 65.3 Å². The summed E-state index contributed by atoms with van der Waals surface area (Å²) in [5, 5.41) is 9.14. The van der Waals surface area contributed by atoms with Crippen molar-refractivity contribution in [3.05, 3.63) is 11.6 Å². The standard InChI is InChI=1S/C16H28O3Si/c1-6-20(7-2,8-3)19-16(12-13-17)15(18)11-9-10-14(4)5/h10,16-17H,6-8,12-13H2,1-5H3/t16-/m0/s1. The van der Waals surface area contributed by atoms with Crippen LogP contribution >= 0.6 is 0 Å². The van der Waals surface area contributed by atoms with Gasteiger partial charge in [0.15, 0.2) is 8.32 Å². The lowest BCUT2D eigenvalue weighted by Gasteiger charge is -2.31. The molecule has 0 bridgehead atoms. The molecule has 0 radical (unpaired) electrons. The number of carbonyl (C=O) groups is 1. The molecule has 0 saturated carbocycles. The number of Topliss-reactive ketones (excluding diaryl/α,β-unsaturated/α-hetero) is 1. The first-order valence-electron chi connectivity index (χ1n) is 7.42. The zero-order valence-corrected chi connectivity index (χ0v) is 14.5. The average Bonchev–Trinajstić information content (AvgIpc) is 2.43. The summed E-state index contributed by atoms with van der Waals surface area (Å²) in [5.74, 6) is 5.15. The Balaban J connectivity index is 4.99. The molecule has 0 aliphatic rings. The van der Waals surface area contributed by atoms with Crippen molar-refractivity contribution in [2.24, 2.45) is 0 Å². The molecule has 20 heavy (non-hydrogen) atoms. The third kappa shape index (κ3) is 6.51. The lowest BCUT2D eigenvalue weighted by Crippen LogP contribution is -2.42. The Kier molecular flexibility index (Phi) is 9.48. The number of ketones is 1. The Labute approximate surface area is 124 Å². The van der Waals surface area contributed by atoms with Crippen molar-refractivity contribution in [1.82, 2.24) is 0 Å². The molecule has 1 atom stereocenters. The minimum atomic E-state index is -1.86. The highest BCUT2D eigenvalue weighted by Crippen LogP contribution is 2.24. The predicted molar refractivity (Wildman–Crippen MR) is 86.0 cm³/mol. The maximum absolute atomic E-state index is 12.1. The van der Waals surface area contributed by atoms with E-state index in [9.17, 15) is 4.79 Å². The van der Waals surface area contributed by atoms with Gasteiger partial charge in [0.1, 0.15) is 6.10 Å². The first-order valence-corrected chi connectivity index (χ1v) is 9.95. The quantitative estimate of drug-likeness (QED) is 0.425. The van der Waals surface area contributed by atoms with Crippen LogP contribution in [0, 0.1) is 11.8 Å². The molecule has 0 aliphatic heterocycles. The molecular weight excluding hydrogens is 268 g/mol. The highest BCUT2D eigenvalue weighted by Gasteiger charge is 2.33. The van der Waals surface area contributed by atoms with Gasteiger partial charge in [-0.1, -0.05) is 32.3 Å². The number of carbonyl (C=O) groups excluding carboxylic acids is 1. The highest BCUT2D eigenvalue weighted by atomic mass is 28.4. The number of rotatable bonds is 8. The SMILES string of the molecule is CC[Si](CC)(CC)O[C@@H](CCO)C(=O)C#CC=C(C)C. The summed E-state index contributed by atoms with van der Waals surface area (Å²) in [6.45, 7) is 10.2. The molecule has 0 spiro atoms. The second-order valence-electron chi connectivity index (χ2n) is 5.22. The monoisotopic (exact) mass is 296 g/mol. The molecule has 0 aromatic heterocycles. The van der Waals surface area contributed by atoms with Crippen molar-refractivity contribution >= 4 is 14.1 Å². The Hall–Kier alpha value is -0.893. The van der Waals surface area contributed by atoms with E-state index in [1.807, 2.05) is 13.8 Å². The van der Waals surface area contributed by atoms with Gasteiger partial charge in [-0.05, 0) is 44.0 Å². The zero-order valence-electron chi connectivity index (χ0n) is 13.5. The fourth-order valence-electron chi connectivity index (χ4n) is 1.99. The lowest BCUT2D eigenvalue weighted by molar-refractivity contribution is -0.121. The fraction of sp³-hybridized carbons (Fsp3) is 0.688. The number of aliphatic hydroxyl groups is 1. The summed E-state index contributed by atoms with van der Waals surface area (Å²) in [7, 11) is -1.86. The van der Waals surface area contributed by atoms with Crippen LogP contribution in [0.4, 0.5) is 0 Å². The van der Waals surface area contributed by atoms with Gasteiger partial charge < -0.3 is 9.53 Å². The van der Waals surface area contributed by atoms with Crippen molar-refractivity contribution in [1.29, 1.82) is 0 Å². The van der Waals surface area contributed by atoms with Crippen molar-refractivity contribution in [3.63, 3.8) is 0 Å². The van der Waals surface area contributed by atoms with Crippen LogP contribution in [0.25, 0.3) is 0 Å². The molecule has 0 fully saturated rings. The van der Waals surface area contributed by atoms with E-state index in [-0.39, 0.29) is 12.4 Å². The second-order valence-corrected chi connectivity index (χ2v) is 9.94. The van der Waals surface area contributed by atoms with Gasteiger partial charge in [-0.15, -0.1) is 0 Å². The second kappa shape index (κ2) is 9.92. The van der Waals surface area contributed by atoms with Crippen molar-refractivity contribution < 1.29 is 14.3 Å². The summed E-state index contributed by atoms with van der Waals surface area (Å²) in [4.78, 5) is 12.1. The maximum atomic E-state index is 12.1. The Morgan fingerprint density at radius 2 is 1.80 bits per heavy atom. The highest BCUT2D eigenvalue weighted by molar-refractivity contribution is 6.73. The normalized spacial score (nSPS) is 12.3. The third-order valence-corrected chi connectivity index (χ3v) is 8.22.